The molecule has 28 heavy (non-hydrogen) atoms. The van der Waals surface area contributed by atoms with Crippen molar-refractivity contribution in [3.05, 3.63) is 58.8 Å². The number of aromatic amines is 1. The molecule has 7 heteroatoms. The zero-order chi connectivity index (χ0) is 19.3. The van der Waals surface area contributed by atoms with Gasteiger partial charge in [-0.05, 0) is 43.9 Å². The van der Waals surface area contributed by atoms with Crippen LogP contribution >= 0.6 is 0 Å². The van der Waals surface area contributed by atoms with E-state index in [2.05, 4.69) is 15.1 Å². The maximum absolute atomic E-state index is 12.9. The third-order valence-electron chi connectivity index (χ3n) is 5.44. The van der Waals surface area contributed by atoms with E-state index in [0.29, 0.717) is 18.5 Å². The molecule has 3 aromatic rings. The number of hydrogen-bond acceptors (Lipinski definition) is 4. The van der Waals surface area contributed by atoms with Crippen molar-refractivity contribution in [1.29, 1.82) is 0 Å². The van der Waals surface area contributed by atoms with Crippen LogP contribution in [0, 0.1) is 0 Å². The van der Waals surface area contributed by atoms with E-state index < -0.39 is 0 Å². The molecule has 1 fully saturated rings. The Labute approximate surface area is 163 Å². The van der Waals surface area contributed by atoms with Gasteiger partial charge in [0.15, 0.2) is 0 Å². The molecule has 1 atom stereocenters. The molecule has 1 saturated heterocycles. The number of aryl methyl sites for hydroxylation is 2. The second-order valence-electron chi connectivity index (χ2n) is 7.32. The minimum Gasteiger partial charge on any atom is -0.340 e. The number of rotatable bonds is 6. The Morgan fingerprint density at radius 2 is 2.11 bits per heavy atom. The van der Waals surface area contributed by atoms with Crippen molar-refractivity contribution < 1.29 is 4.79 Å². The van der Waals surface area contributed by atoms with Gasteiger partial charge < -0.3 is 9.88 Å². The zero-order valence-corrected chi connectivity index (χ0v) is 15.9. The highest BCUT2D eigenvalue weighted by Crippen LogP contribution is 2.21. The first-order valence-electron chi connectivity index (χ1n) is 9.95. The van der Waals surface area contributed by atoms with Gasteiger partial charge in [0.05, 0.1) is 11.0 Å². The molecular weight excluding hydrogens is 354 g/mol. The van der Waals surface area contributed by atoms with Crippen LogP contribution in [0.4, 0.5) is 0 Å². The number of amides is 1. The average molecular weight is 379 g/mol. The number of aromatic nitrogens is 4. The van der Waals surface area contributed by atoms with E-state index in [1.807, 2.05) is 46.1 Å². The number of nitrogens with one attached hydrogen (secondary N) is 1. The molecule has 1 N–H and O–H groups in total. The minimum absolute atomic E-state index is 0.111. The van der Waals surface area contributed by atoms with Gasteiger partial charge >= 0.3 is 0 Å². The number of likely N-dealkylation sites (tertiary alicyclic amines) is 1. The summed E-state index contributed by atoms with van der Waals surface area (Å²) in [6.45, 7) is 1.61. The highest BCUT2D eigenvalue weighted by Gasteiger charge is 2.26. The summed E-state index contributed by atoms with van der Waals surface area (Å²) < 4.78 is 1.91. The van der Waals surface area contributed by atoms with Crippen LogP contribution in [0.2, 0.25) is 0 Å². The number of piperidine rings is 1. The average Bonchev–Trinajstić information content (AvgIpc) is 3.24. The van der Waals surface area contributed by atoms with Gasteiger partial charge in [-0.2, -0.15) is 5.10 Å². The van der Waals surface area contributed by atoms with Gasteiger partial charge in [-0.1, -0.05) is 12.1 Å². The van der Waals surface area contributed by atoms with E-state index >= 15 is 0 Å². The highest BCUT2D eigenvalue weighted by atomic mass is 16.2. The lowest BCUT2D eigenvalue weighted by Crippen LogP contribution is -2.44. The van der Waals surface area contributed by atoms with Crippen LogP contribution in [0.15, 0.2) is 47.5 Å². The number of carbonyl (C=O) groups is 1. The Hall–Kier alpha value is -2.96. The molecule has 2 aromatic heterocycles. The van der Waals surface area contributed by atoms with E-state index in [0.717, 1.165) is 49.8 Å². The molecule has 1 aliphatic rings. The third-order valence-corrected chi connectivity index (χ3v) is 5.44. The number of benzene rings is 1. The second kappa shape index (κ2) is 8.37. The monoisotopic (exact) mass is 379 g/mol. The molecular formula is C21H25N5O2. The molecule has 0 radical (unpaired) electrons. The lowest BCUT2D eigenvalue weighted by molar-refractivity contribution is -0.135. The summed E-state index contributed by atoms with van der Waals surface area (Å²) in [6, 6.07) is 9.61. The number of nitrogens with zero attached hydrogens (tertiary/aromatic N) is 4. The van der Waals surface area contributed by atoms with Crippen molar-refractivity contribution in [2.45, 2.75) is 51.1 Å². The van der Waals surface area contributed by atoms with Crippen molar-refractivity contribution in [3.63, 3.8) is 0 Å². The summed E-state index contributed by atoms with van der Waals surface area (Å²) in [5.74, 6) is 0.111. The second-order valence-corrected chi connectivity index (χ2v) is 7.32. The van der Waals surface area contributed by atoms with E-state index in [1.165, 1.54) is 0 Å². The van der Waals surface area contributed by atoms with Gasteiger partial charge in [0, 0.05) is 44.4 Å². The quantitative estimate of drug-likeness (QED) is 0.713. The van der Waals surface area contributed by atoms with E-state index in [1.54, 1.807) is 6.20 Å². The van der Waals surface area contributed by atoms with Crippen molar-refractivity contribution in [2.75, 3.05) is 6.54 Å². The molecule has 1 aliphatic heterocycles. The van der Waals surface area contributed by atoms with Crippen molar-refractivity contribution >= 4 is 16.9 Å². The molecule has 4 rings (SSSR count). The number of hydrogen-bond donors (Lipinski definition) is 1. The number of carbonyl (C=O) groups excluding carboxylic acids is 1. The Bertz CT molecular complexity index is 995. The van der Waals surface area contributed by atoms with Crippen molar-refractivity contribution in [1.82, 2.24) is 24.6 Å². The van der Waals surface area contributed by atoms with Crippen molar-refractivity contribution in [2.24, 2.45) is 0 Å². The van der Waals surface area contributed by atoms with Crippen LogP contribution in [0.25, 0.3) is 11.0 Å². The first kappa shape index (κ1) is 18.4. The zero-order valence-electron chi connectivity index (χ0n) is 15.9. The molecule has 146 valence electrons. The lowest BCUT2D eigenvalue weighted by atomic mass is 9.98. The fraction of sp³-hybridized carbons (Fsp3) is 0.429. The summed E-state index contributed by atoms with van der Waals surface area (Å²) in [7, 11) is 0. The summed E-state index contributed by atoms with van der Waals surface area (Å²) in [5, 5.41) is 4.25. The molecule has 0 saturated carbocycles. The van der Waals surface area contributed by atoms with Gasteiger partial charge in [-0.3, -0.25) is 14.3 Å². The molecule has 0 aliphatic carbocycles. The molecule has 3 heterocycles. The van der Waals surface area contributed by atoms with Crippen LogP contribution in [-0.4, -0.2) is 43.1 Å². The van der Waals surface area contributed by atoms with Crippen molar-refractivity contribution in [3.8, 4) is 0 Å². The summed E-state index contributed by atoms with van der Waals surface area (Å²) in [6.07, 6.45) is 8.53. The van der Waals surface area contributed by atoms with Crippen LogP contribution in [-0.2, 0) is 17.8 Å². The number of fused-ring (bicyclic) bond motifs is 1. The van der Waals surface area contributed by atoms with Gasteiger partial charge in [0.1, 0.15) is 5.69 Å². The Balaban J connectivity index is 1.40. The van der Waals surface area contributed by atoms with E-state index in [-0.39, 0.29) is 17.5 Å². The Morgan fingerprint density at radius 3 is 2.96 bits per heavy atom. The Morgan fingerprint density at radius 1 is 1.21 bits per heavy atom. The fourth-order valence-corrected chi connectivity index (χ4v) is 3.95. The molecule has 1 unspecified atom stereocenters. The maximum atomic E-state index is 12.9. The third kappa shape index (κ3) is 4.13. The highest BCUT2D eigenvalue weighted by molar-refractivity contribution is 5.77. The maximum Gasteiger partial charge on any atom is 0.270 e. The summed E-state index contributed by atoms with van der Waals surface area (Å²) in [5.41, 5.74) is 1.69. The lowest BCUT2D eigenvalue weighted by Gasteiger charge is -2.36. The molecule has 0 spiro atoms. The first-order valence-corrected chi connectivity index (χ1v) is 9.95. The smallest absolute Gasteiger partial charge is 0.270 e. The predicted octanol–water partition coefficient (Wildman–Crippen LogP) is 2.52. The Kier molecular flexibility index (Phi) is 5.50. The molecule has 1 aromatic carbocycles. The van der Waals surface area contributed by atoms with E-state index in [4.69, 9.17) is 0 Å². The van der Waals surface area contributed by atoms with Crippen LogP contribution in [0.1, 0.15) is 37.8 Å². The summed E-state index contributed by atoms with van der Waals surface area (Å²) in [4.78, 5) is 34.5. The standard InChI is InChI=1S/C21H25N5O2/c27-20(10-9-19-21(28)24-18-8-2-1-7-17(18)23-19)26-14-4-3-6-16(26)11-15-25-13-5-12-22-25/h1-2,5,7-8,12-13,16H,3-4,6,9-11,14-15H2,(H,24,28). The van der Waals surface area contributed by atoms with Crippen LogP contribution < -0.4 is 5.56 Å². The van der Waals surface area contributed by atoms with Crippen LogP contribution in [0.5, 0.6) is 0 Å². The van der Waals surface area contributed by atoms with Gasteiger partial charge in [-0.25, -0.2) is 4.98 Å². The van der Waals surface area contributed by atoms with Crippen LogP contribution in [0.3, 0.4) is 0 Å². The predicted molar refractivity (Wildman–Crippen MR) is 107 cm³/mol. The number of para-hydroxylation sites is 2. The summed E-state index contributed by atoms with van der Waals surface area (Å²) >= 11 is 0. The van der Waals surface area contributed by atoms with Gasteiger partial charge in [0.2, 0.25) is 5.91 Å². The molecule has 1 amide bonds. The fourth-order valence-electron chi connectivity index (χ4n) is 3.95. The van der Waals surface area contributed by atoms with E-state index in [9.17, 15) is 9.59 Å². The molecule has 0 bridgehead atoms. The SMILES string of the molecule is O=C(CCc1nc2ccccc2[nH]c1=O)N1CCCCC1CCn1cccn1. The number of H-pyrrole nitrogens is 1. The largest absolute Gasteiger partial charge is 0.340 e. The topological polar surface area (TPSA) is 83.9 Å². The van der Waals surface area contributed by atoms with Gasteiger partial charge in [-0.15, -0.1) is 0 Å². The van der Waals surface area contributed by atoms with Gasteiger partial charge in [0.25, 0.3) is 5.56 Å². The first-order chi connectivity index (χ1) is 13.7. The minimum atomic E-state index is -0.208. The molecule has 7 nitrogen and oxygen atoms in total. The normalized spacial score (nSPS) is 17.1.